The first-order valence-electron chi connectivity index (χ1n) is 2.45. The molecule has 0 bridgehead atoms. The molecule has 0 rings (SSSR count). The maximum atomic E-state index is 3.25. The molecule has 0 aromatic heterocycles. The lowest BCUT2D eigenvalue weighted by Gasteiger charge is -1.99. The van der Waals surface area contributed by atoms with Gasteiger partial charge in [0.15, 0.2) is 0 Å². The van der Waals surface area contributed by atoms with Crippen LogP contribution < -0.4 is 0 Å². The zero-order valence-electron chi connectivity index (χ0n) is 5.03. The van der Waals surface area contributed by atoms with Gasteiger partial charge >= 0.3 is 0 Å². The first kappa shape index (κ1) is 7.22. The van der Waals surface area contributed by atoms with Crippen LogP contribution in [0, 0.1) is 5.92 Å². The standard InChI is InChI=1S/C6H11Br/c1-5(2)6(3)4-7/h4-5H,1-3H3/b6-4+. The third kappa shape index (κ3) is 2.86. The highest BCUT2D eigenvalue weighted by Gasteiger charge is 1.91. The van der Waals surface area contributed by atoms with Crippen molar-refractivity contribution in [1.29, 1.82) is 0 Å². The molecule has 0 unspecified atom stereocenters. The van der Waals surface area contributed by atoms with E-state index in [0.717, 1.165) is 0 Å². The van der Waals surface area contributed by atoms with Gasteiger partial charge in [0.2, 0.25) is 0 Å². The van der Waals surface area contributed by atoms with Crippen molar-refractivity contribution in [3.8, 4) is 0 Å². The summed E-state index contributed by atoms with van der Waals surface area (Å²) in [7, 11) is 0. The first-order chi connectivity index (χ1) is 3.18. The van der Waals surface area contributed by atoms with Gasteiger partial charge in [-0.15, -0.1) is 0 Å². The van der Waals surface area contributed by atoms with Crippen LogP contribution in [0.5, 0.6) is 0 Å². The summed E-state index contributed by atoms with van der Waals surface area (Å²) < 4.78 is 0. The minimum atomic E-state index is 0.680. The van der Waals surface area contributed by atoms with Crippen LogP contribution in [-0.4, -0.2) is 0 Å². The van der Waals surface area contributed by atoms with Crippen LogP contribution in [-0.2, 0) is 0 Å². The zero-order chi connectivity index (χ0) is 5.86. The van der Waals surface area contributed by atoms with Gasteiger partial charge < -0.3 is 0 Å². The van der Waals surface area contributed by atoms with Crippen LogP contribution in [0.4, 0.5) is 0 Å². The van der Waals surface area contributed by atoms with E-state index >= 15 is 0 Å². The van der Waals surface area contributed by atoms with Crippen LogP contribution in [0.25, 0.3) is 0 Å². The van der Waals surface area contributed by atoms with Crippen molar-refractivity contribution in [2.75, 3.05) is 0 Å². The largest absolute Gasteiger partial charge is 0.0639 e. The Morgan fingerprint density at radius 3 is 2.00 bits per heavy atom. The van der Waals surface area contributed by atoms with E-state index in [1.165, 1.54) is 5.57 Å². The van der Waals surface area contributed by atoms with Gasteiger partial charge in [-0.2, -0.15) is 0 Å². The van der Waals surface area contributed by atoms with E-state index in [4.69, 9.17) is 0 Å². The molecule has 42 valence electrons. The molecule has 0 aromatic carbocycles. The van der Waals surface area contributed by atoms with Gasteiger partial charge in [-0.1, -0.05) is 35.4 Å². The van der Waals surface area contributed by atoms with E-state index < -0.39 is 0 Å². The fourth-order valence-electron chi connectivity index (χ4n) is 0.126. The second kappa shape index (κ2) is 3.25. The molecule has 0 saturated carbocycles. The molecule has 0 aliphatic carbocycles. The molecule has 0 atom stereocenters. The molecule has 0 spiro atoms. The Morgan fingerprint density at radius 1 is 1.57 bits per heavy atom. The minimum Gasteiger partial charge on any atom is -0.0639 e. The highest BCUT2D eigenvalue weighted by molar-refractivity contribution is 9.11. The quantitative estimate of drug-likeness (QED) is 0.557. The first-order valence-corrected chi connectivity index (χ1v) is 3.37. The molecule has 0 saturated heterocycles. The summed E-state index contributed by atoms with van der Waals surface area (Å²) in [5, 5.41) is 0. The van der Waals surface area contributed by atoms with Crippen LogP contribution in [0.3, 0.4) is 0 Å². The maximum absolute atomic E-state index is 3.25. The van der Waals surface area contributed by atoms with Crippen molar-refractivity contribution < 1.29 is 0 Å². The van der Waals surface area contributed by atoms with Crippen molar-refractivity contribution in [3.05, 3.63) is 10.6 Å². The van der Waals surface area contributed by atoms with Crippen molar-refractivity contribution >= 4 is 15.9 Å². The molecule has 0 amide bonds. The average molecular weight is 163 g/mol. The number of allylic oxidation sites excluding steroid dienone is 1. The van der Waals surface area contributed by atoms with Crippen LogP contribution >= 0.6 is 15.9 Å². The predicted octanol–water partition coefficient (Wildman–Crippen LogP) is 2.94. The second-order valence-electron chi connectivity index (χ2n) is 2.01. The monoisotopic (exact) mass is 162 g/mol. The summed E-state index contributed by atoms with van der Waals surface area (Å²) in [6.07, 6.45) is 0. The molecular formula is C6H11Br. The number of halogens is 1. The lowest BCUT2D eigenvalue weighted by molar-refractivity contribution is 0.772. The Morgan fingerprint density at radius 2 is 2.00 bits per heavy atom. The van der Waals surface area contributed by atoms with Gasteiger partial charge in [0, 0.05) is 0 Å². The van der Waals surface area contributed by atoms with Gasteiger partial charge in [0.1, 0.15) is 0 Å². The summed E-state index contributed by atoms with van der Waals surface area (Å²) in [6.45, 7) is 6.46. The van der Waals surface area contributed by atoms with Gasteiger partial charge in [-0.05, 0) is 17.8 Å². The lowest BCUT2D eigenvalue weighted by Crippen LogP contribution is -1.84. The summed E-state index contributed by atoms with van der Waals surface area (Å²) in [4.78, 5) is 1.97. The maximum Gasteiger partial charge on any atom is -0.0197 e. The third-order valence-electron chi connectivity index (χ3n) is 1.08. The molecule has 0 fully saturated rings. The molecule has 0 aliphatic rings. The summed E-state index contributed by atoms with van der Waals surface area (Å²) in [6, 6.07) is 0. The number of rotatable bonds is 1. The summed E-state index contributed by atoms with van der Waals surface area (Å²) in [5.41, 5.74) is 1.39. The van der Waals surface area contributed by atoms with Crippen molar-refractivity contribution in [3.63, 3.8) is 0 Å². The van der Waals surface area contributed by atoms with Gasteiger partial charge in [0.25, 0.3) is 0 Å². The smallest absolute Gasteiger partial charge is 0.0197 e. The van der Waals surface area contributed by atoms with Crippen molar-refractivity contribution in [2.24, 2.45) is 5.92 Å². The molecular weight excluding hydrogens is 152 g/mol. The van der Waals surface area contributed by atoms with E-state index in [1.54, 1.807) is 0 Å². The fraction of sp³-hybridized carbons (Fsp3) is 0.667. The Labute approximate surface area is 53.7 Å². The Bertz CT molecular complexity index is 72.2. The van der Waals surface area contributed by atoms with E-state index in [1.807, 2.05) is 4.99 Å². The normalized spacial score (nSPS) is 13.0. The topological polar surface area (TPSA) is 0 Å². The van der Waals surface area contributed by atoms with Crippen molar-refractivity contribution in [1.82, 2.24) is 0 Å². The highest BCUT2D eigenvalue weighted by atomic mass is 79.9. The molecule has 0 radical (unpaired) electrons. The molecule has 1 heteroatoms. The minimum absolute atomic E-state index is 0.680. The predicted molar refractivity (Wildman–Crippen MR) is 37.5 cm³/mol. The zero-order valence-corrected chi connectivity index (χ0v) is 6.62. The van der Waals surface area contributed by atoms with Crippen LogP contribution in [0.2, 0.25) is 0 Å². The highest BCUT2D eigenvalue weighted by Crippen LogP contribution is 2.08. The lowest BCUT2D eigenvalue weighted by atomic mass is 10.1. The Balaban J connectivity index is 3.56. The van der Waals surface area contributed by atoms with Gasteiger partial charge in [-0.3, -0.25) is 0 Å². The summed E-state index contributed by atoms with van der Waals surface area (Å²) in [5.74, 6) is 0.680. The second-order valence-corrected chi connectivity index (χ2v) is 2.47. The molecule has 0 heterocycles. The number of hydrogen-bond donors (Lipinski definition) is 0. The van der Waals surface area contributed by atoms with E-state index in [-0.39, 0.29) is 0 Å². The van der Waals surface area contributed by atoms with Crippen LogP contribution in [0.1, 0.15) is 20.8 Å². The average Bonchev–Trinajstić information content (AvgIpc) is 1.65. The van der Waals surface area contributed by atoms with Crippen LogP contribution in [0.15, 0.2) is 10.6 Å². The molecule has 0 nitrogen and oxygen atoms in total. The summed E-state index contributed by atoms with van der Waals surface area (Å²) >= 11 is 3.25. The van der Waals surface area contributed by atoms with E-state index in [0.29, 0.717) is 5.92 Å². The molecule has 0 N–H and O–H groups in total. The van der Waals surface area contributed by atoms with E-state index in [9.17, 15) is 0 Å². The van der Waals surface area contributed by atoms with E-state index in [2.05, 4.69) is 36.7 Å². The van der Waals surface area contributed by atoms with Gasteiger partial charge in [0.05, 0.1) is 0 Å². The Kier molecular flexibility index (Phi) is 3.35. The molecule has 0 aliphatic heterocycles. The third-order valence-corrected chi connectivity index (χ3v) is 1.80. The Hall–Kier alpha value is 0.220. The molecule has 7 heavy (non-hydrogen) atoms. The SMILES string of the molecule is C/C(=C\Br)C(C)C. The fourth-order valence-corrected chi connectivity index (χ4v) is 0.655. The molecule has 0 aromatic rings. The van der Waals surface area contributed by atoms with Crippen molar-refractivity contribution in [2.45, 2.75) is 20.8 Å². The van der Waals surface area contributed by atoms with Gasteiger partial charge in [-0.25, -0.2) is 0 Å². The number of hydrogen-bond acceptors (Lipinski definition) is 0.